The molecule has 0 spiro atoms. The van der Waals surface area contributed by atoms with E-state index in [1.807, 2.05) is 12.3 Å². The number of nitrogens with zero attached hydrogens (tertiary/aromatic N) is 2. The van der Waals surface area contributed by atoms with Crippen LogP contribution in [0.5, 0.6) is 0 Å². The number of halogens is 1. The fourth-order valence-electron chi connectivity index (χ4n) is 2.55. The molecule has 1 fully saturated rings. The number of piperidine rings is 1. The fourth-order valence-corrected chi connectivity index (χ4v) is 4.25. The van der Waals surface area contributed by atoms with Crippen LogP contribution in [0.4, 0.5) is 5.13 Å². The number of thiophene rings is 1. The molecule has 0 unspecified atom stereocenters. The number of anilines is 1. The highest BCUT2D eigenvalue weighted by molar-refractivity contribution is 7.18. The summed E-state index contributed by atoms with van der Waals surface area (Å²) in [6, 6.07) is 3.48. The Hall–Kier alpha value is -1.44. The second kappa shape index (κ2) is 6.98. The van der Waals surface area contributed by atoms with Crippen molar-refractivity contribution in [2.45, 2.75) is 19.8 Å². The molecule has 0 saturated carbocycles. The molecule has 0 bridgehead atoms. The van der Waals surface area contributed by atoms with Crippen molar-refractivity contribution in [3.05, 3.63) is 32.4 Å². The predicted octanol–water partition coefficient (Wildman–Crippen LogP) is 3.66. The molecule has 0 atom stereocenters. The van der Waals surface area contributed by atoms with Crippen LogP contribution in [0.25, 0.3) is 0 Å². The molecule has 5 nitrogen and oxygen atoms in total. The van der Waals surface area contributed by atoms with Crippen molar-refractivity contribution in [2.75, 3.05) is 18.4 Å². The first-order chi connectivity index (χ1) is 11.0. The third kappa shape index (κ3) is 3.91. The highest BCUT2D eigenvalue weighted by Crippen LogP contribution is 2.26. The Morgan fingerprint density at radius 3 is 2.65 bits per heavy atom. The molecule has 122 valence electrons. The van der Waals surface area contributed by atoms with Gasteiger partial charge in [-0.25, -0.2) is 4.98 Å². The standard InChI is InChI=1S/C15H16ClN3O2S2/c1-9-8-22-15(17-9)18-13(20)10-4-6-19(7-5-10)14(21)11-2-3-12(16)23-11/h2-3,8,10H,4-7H2,1H3,(H,17,18,20). The van der Waals surface area contributed by atoms with Gasteiger partial charge in [-0.1, -0.05) is 11.6 Å². The minimum atomic E-state index is -0.0739. The van der Waals surface area contributed by atoms with E-state index in [0.717, 1.165) is 5.69 Å². The molecule has 1 aliphatic heterocycles. The third-order valence-electron chi connectivity index (χ3n) is 3.79. The van der Waals surface area contributed by atoms with Crippen LogP contribution in [0, 0.1) is 12.8 Å². The van der Waals surface area contributed by atoms with E-state index in [4.69, 9.17) is 11.6 Å². The Kier molecular flexibility index (Phi) is 4.99. The number of carbonyl (C=O) groups is 2. The maximum atomic E-state index is 12.4. The number of aromatic nitrogens is 1. The lowest BCUT2D eigenvalue weighted by Crippen LogP contribution is -2.41. The van der Waals surface area contributed by atoms with Crippen molar-refractivity contribution in [1.29, 1.82) is 0 Å². The Labute approximate surface area is 147 Å². The van der Waals surface area contributed by atoms with E-state index < -0.39 is 0 Å². The SMILES string of the molecule is Cc1csc(NC(=O)C2CCN(C(=O)c3ccc(Cl)s3)CC2)n1. The number of hydrogen-bond acceptors (Lipinski definition) is 5. The molecule has 0 aromatic carbocycles. The second-order valence-electron chi connectivity index (χ2n) is 5.45. The quantitative estimate of drug-likeness (QED) is 0.898. The summed E-state index contributed by atoms with van der Waals surface area (Å²) in [7, 11) is 0. The zero-order valence-corrected chi connectivity index (χ0v) is 14.9. The first-order valence-corrected chi connectivity index (χ1v) is 9.38. The molecule has 2 aromatic heterocycles. The van der Waals surface area contributed by atoms with Gasteiger partial charge >= 0.3 is 0 Å². The van der Waals surface area contributed by atoms with Gasteiger partial charge < -0.3 is 10.2 Å². The molecule has 3 heterocycles. The normalized spacial score (nSPS) is 15.7. The van der Waals surface area contributed by atoms with Crippen LogP contribution in [0.15, 0.2) is 17.5 Å². The molecule has 1 saturated heterocycles. The number of thiazole rings is 1. The molecule has 0 radical (unpaired) electrons. The van der Waals surface area contributed by atoms with Gasteiger partial charge in [-0.2, -0.15) is 0 Å². The lowest BCUT2D eigenvalue weighted by atomic mass is 9.96. The monoisotopic (exact) mass is 369 g/mol. The van der Waals surface area contributed by atoms with E-state index in [0.29, 0.717) is 40.3 Å². The first-order valence-electron chi connectivity index (χ1n) is 7.30. The van der Waals surface area contributed by atoms with Crippen LogP contribution in [0.2, 0.25) is 4.34 Å². The summed E-state index contributed by atoms with van der Waals surface area (Å²) >= 11 is 8.59. The van der Waals surface area contributed by atoms with Gasteiger partial charge in [0.1, 0.15) is 0 Å². The number of carbonyl (C=O) groups excluding carboxylic acids is 2. The largest absolute Gasteiger partial charge is 0.338 e. The van der Waals surface area contributed by atoms with Crippen molar-refractivity contribution in [3.8, 4) is 0 Å². The number of rotatable bonds is 3. The van der Waals surface area contributed by atoms with Gasteiger partial charge in [0.25, 0.3) is 5.91 Å². The summed E-state index contributed by atoms with van der Waals surface area (Å²) in [6.07, 6.45) is 1.34. The summed E-state index contributed by atoms with van der Waals surface area (Å²) in [5.74, 6) is -0.0860. The Balaban J connectivity index is 1.53. The second-order valence-corrected chi connectivity index (χ2v) is 8.03. The average molecular weight is 370 g/mol. The van der Waals surface area contributed by atoms with Crippen LogP contribution >= 0.6 is 34.3 Å². The van der Waals surface area contributed by atoms with E-state index in [1.165, 1.54) is 22.7 Å². The number of likely N-dealkylation sites (tertiary alicyclic amines) is 1. The van der Waals surface area contributed by atoms with Gasteiger partial charge in [0.2, 0.25) is 5.91 Å². The summed E-state index contributed by atoms with van der Waals surface area (Å²) < 4.78 is 0.612. The maximum absolute atomic E-state index is 12.4. The van der Waals surface area contributed by atoms with Gasteiger partial charge in [-0.05, 0) is 31.9 Å². The molecule has 2 amide bonds. The molecule has 3 rings (SSSR count). The van der Waals surface area contributed by atoms with Gasteiger partial charge in [0, 0.05) is 24.4 Å². The van der Waals surface area contributed by atoms with E-state index in [9.17, 15) is 9.59 Å². The molecule has 2 aromatic rings. The van der Waals surface area contributed by atoms with E-state index in [-0.39, 0.29) is 17.7 Å². The molecule has 1 N–H and O–H groups in total. The van der Waals surface area contributed by atoms with Crippen molar-refractivity contribution in [2.24, 2.45) is 5.92 Å². The third-order valence-corrected chi connectivity index (χ3v) is 5.88. The van der Waals surface area contributed by atoms with Crippen LogP contribution in [-0.2, 0) is 4.79 Å². The van der Waals surface area contributed by atoms with E-state index in [1.54, 1.807) is 17.0 Å². The number of nitrogens with one attached hydrogen (secondary N) is 1. The Bertz CT molecular complexity index is 720. The van der Waals surface area contributed by atoms with E-state index in [2.05, 4.69) is 10.3 Å². The Morgan fingerprint density at radius 2 is 2.09 bits per heavy atom. The van der Waals surface area contributed by atoms with Crippen molar-refractivity contribution >= 4 is 51.2 Å². The number of amides is 2. The zero-order chi connectivity index (χ0) is 16.4. The smallest absolute Gasteiger partial charge is 0.263 e. The molecular formula is C15H16ClN3O2S2. The lowest BCUT2D eigenvalue weighted by molar-refractivity contribution is -0.121. The maximum Gasteiger partial charge on any atom is 0.263 e. The van der Waals surface area contributed by atoms with E-state index >= 15 is 0 Å². The Morgan fingerprint density at radius 1 is 1.35 bits per heavy atom. The summed E-state index contributed by atoms with van der Waals surface area (Å²) in [4.78, 5) is 31.3. The molecule has 8 heteroatoms. The number of hydrogen-bond donors (Lipinski definition) is 1. The summed E-state index contributed by atoms with van der Waals surface area (Å²) in [5, 5.41) is 5.41. The molecule has 0 aliphatic carbocycles. The van der Waals surface area contributed by atoms with Gasteiger partial charge in [-0.3, -0.25) is 9.59 Å². The first kappa shape index (κ1) is 16.4. The van der Waals surface area contributed by atoms with Gasteiger partial charge in [-0.15, -0.1) is 22.7 Å². The highest BCUT2D eigenvalue weighted by Gasteiger charge is 2.28. The van der Waals surface area contributed by atoms with Gasteiger partial charge in [0.05, 0.1) is 14.9 Å². The predicted molar refractivity (Wildman–Crippen MR) is 93.4 cm³/mol. The van der Waals surface area contributed by atoms with Gasteiger partial charge in [0.15, 0.2) is 5.13 Å². The minimum Gasteiger partial charge on any atom is -0.338 e. The minimum absolute atomic E-state index is 0.00342. The van der Waals surface area contributed by atoms with Crippen molar-refractivity contribution in [3.63, 3.8) is 0 Å². The van der Waals surface area contributed by atoms with Crippen LogP contribution in [-0.4, -0.2) is 34.8 Å². The topological polar surface area (TPSA) is 62.3 Å². The fraction of sp³-hybridized carbons (Fsp3) is 0.400. The van der Waals surface area contributed by atoms with Crippen LogP contribution in [0.3, 0.4) is 0 Å². The molecule has 23 heavy (non-hydrogen) atoms. The highest BCUT2D eigenvalue weighted by atomic mass is 35.5. The van der Waals surface area contributed by atoms with Crippen molar-refractivity contribution < 1.29 is 9.59 Å². The average Bonchev–Trinajstić information content (AvgIpc) is 3.15. The van der Waals surface area contributed by atoms with Crippen LogP contribution < -0.4 is 5.32 Å². The number of aryl methyl sites for hydroxylation is 1. The lowest BCUT2D eigenvalue weighted by Gasteiger charge is -2.30. The summed E-state index contributed by atoms with van der Waals surface area (Å²) in [5.41, 5.74) is 0.903. The summed E-state index contributed by atoms with van der Waals surface area (Å²) in [6.45, 7) is 3.07. The molecular weight excluding hydrogens is 354 g/mol. The molecule has 1 aliphatic rings. The van der Waals surface area contributed by atoms with Crippen LogP contribution in [0.1, 0.15) is 28.2 Å². The zero-order valence-electron chi connectivity index (χ0n) is 12.5. The van der Waals surface area contributed by atoms with Crippen molar-refractivity contribution in [1.82, 2.24) is 9.88 Å².